The van der Waals surface area contributed by atoms with Crippen LogP contribution in [0.5, 0.6) is 11.5 Å². The number of methoxy groups -OCH3 is 1. The minimum Gasteiger partial charge on any atom is -0.497 e. The molecule has 164 valence electrons. The Balaban J connectivity index is 1.51. The molecule has 5 rings (SSSR count). The molecule has 2 N–H and O–H groups in total. The fraction of sp³-hybridized carbons (Fsp3) is 0.259. The maximum Gasteiger partial charge on any atom is 0.119 e. The molecule has 4 aromatic rings. The molecule has 1 aromatic heterocycles. The number of aromatic nitrogens is 1. The Morgan fingerprint density at radius 2 is 1.84 bits per heavy atom. The molecule has 0 unspecified atom stereocenters. The molecular formula is C27H28N2O3. The lowest BCUT2D eigenvalue weighted by molar-refractivity contribution is 0.199. The highest BCUT2D eigenvalue weighted by atomic mass is 16.5. The second kappa shape index (κ2) is 9.07. The normalized spacial score (nSPS) is 16.1. The maximum absolute atomic E-state index is 8.96. The summed E-state index contributed by atoms with van der Waals surface area (Å²) in [6.07, 6.45) is 1.01. The summed E-state index contributed by atoms with van der Waals surface area (Å²) in [5, 5.41) is 10.3. The average molecular weight is 429 g/mol. The molecule has 0 spiro atoms. The number of aliphatic hydroxyl groups excluding tert-OH is 1. The van der Waals surface area contributed by atoms with E-state index in [1.54, 1.807) is 7.11 Å². The molecule has 0 aliphatic carbocycles. The van der Waals surface area contributed by atoms with Crippen LogP contribution in [0.2, 0.25) is 0 Å². The molecule has 0 radical (unpaired) electrons. The van der Waals surface area contributed by atoms with Gasteiger partial charge in [-0.25, -0.2) is 0 Å². The minimum absolute atomic E-state index is 0.0184. The van der Waals surface area contributed by atoms with E-state index in [9.17, 15) is 0 Å². The molecule has 1 aliphatic heterocycles. The Hall–Kier alpha value is -3.28. The average Bonchev–Trinajstić information content (AvgIpc) is 3.22. The number of aliphatic hydroxyl groups is 1. The molecule has 3 aromatic carbocycles. The van der Waals surface area contributed by atoms with Crippen molar-refractivity contribution >= 4 is 10.9 Å². The van der Waals surface area contributed by atoms with Gasteiger partial charge in [-0.15, -0.1) is 0 Å². The number of benzene rings is 3. The van der Waals surface area contributed by atoms with Crippen molar-refractivity contribution in [3.63, 3.8) is 0 Å². The lowest BCUT2D eigenvalue weighted by Gasteiger charge is -2.36. The summed E-state index contributed by atoms with van der Waals surface area (Å²) in [5.74, 6) is 1.65. The van der Waals surface area contributed by atoms with Crippen LogP contribution in [-0.4, -0.2) is 41.9 Å². The Labute approximate surface area is 188 Å². The first kappa shape index (κ1) is 20.6. The topological polar surface area (TPSA) is 57.7 Å². The van der Waals surface area contributed by atoms with Crippen LogP contribution in [0.3, 0.4) is 0 Å². The van der Waals surface area contributed by atoms with E-state index < -0.39 is 0 Å². The van der Waals surface area contributed by atoms with Crippen molar-refractivity contribution in [1.29, 1.82) is 0 Å². The summed E-state index contributed by atoms with van der Waals surface area (Å²) < 4.78 is 11.0. The standard InChI is InChI=1S/C27H28N2O3/c1-31-22-6-4-5-20(17-22)27-26-24(23-7-2-3-8-25(23)28-26)13-14-29(27)18-19-9-11-21(12-10-19)32-16-15-30/h2-12,17,27-28,30H,13-16,18H2,1H3/t27-/m1/s1. The van der Waals surface area contributed by atoms with Crippen LogP contribution in [0, 0.1) is 0 Å². The Morgan fingerprint density at radius 1 is 1.00 bits per heavy atom. The predicted octanol–water partition coefficient (Wildman–Crippen LogP) is 4.70. The molecule has 0 bridgehead atoms. The van der Waals surface area contributed by atoms with Crippen molar-refractivity contribution < 1.29 is 14.6 Å². The van der Waals surface area contributed by atoms with Crippen LogP contribution in [-0.2, 0) is 13.0 Å². The van der Waals surface area contributed by atoms with E-state index in [0.717, 1.165) is 31.0 Å². The van der Waals surface area contributed by atoms with E-state index in [4.69, 9.17) is 14.6 Å². The third-order valence-electron chi connectivity index (χ3n) is 6.21. The fourth-order valence-corrected chi connectivity index (χ4v) is 4.74. The number of para-hydroxylation sites is 1. The first-order valence-electron chi connectivity index (χ1n) is 11.1. The largest absolute Gasteiger partial charge is 0.497 e. The zero-order valence-electron chi connectivity index (χ0n) is 18.3. The molecule has 0 amide bonds. The van der Waals surface area contributed by atoms with Crippen molar-refractivity contribution in [1.82, 2.24) is 9.88 Å². The summed E-state index contributed by atoms with van der Waals surface area (Å²) in [6.45, 7) is 2.13. The lowest BCUT2D eigenvalue weighted by atomic mass is 9.92. The highest BCUT2D eigenvalue weighted by Gasteiger charge is 2.31. The summed E-state index contributed by atoms with van der Waals surface area (Å²) >= 11 is 0. The number of H-pyrrole nitrogens is 1. The highest BCUT2D eigenvalue weighted by Crippen LogP contribution is 2.39. The van der Waals surface area contributed by atoms with E-state index in [2.05, 4.69) is 64.5 Å². The van der Waals surface area contributed by atoms with Gasteiger partial charge in [0.15, 0.2) is 0 Å². The van der Waals surface area contributed by atoms with Gasteiger partial charge in [0.05, 0.1) is 19.8 Å². The minimum atomic E-state index is 0.0184. The number of ether oxygens (including phenoxy) is 2. The van der Waals surface area contributed by atoms with Gasteiger partial charge in [-0.05, 0) is 53.4 Å². The van der Waals surface area contributed by atoms with E-state index in [0.29, 0.717) is 6.61 Å². The van der Waals surface area contributed by atoms with Gasteiger partial charge in [0.2, 0.25) is 0 Å². The number of hydrogen-bond acceptors (Lipinski definition) is 4. The van der Waals surface area contributed by atoms with E-state index in [1.807, 2.05) is 18.2 Å². The van der Waals surface area contributed by atoms with Crippen LogP contribution in [0.1, 0.15) is 28.4 Å². The van der Waals surface area contributed by atoms with Gasteiger partial charge in [0.25, 0.3) is 0 Å². The maximum atomic E-state index is 8.96. The van der Waals surface area contributed by atoms with Crippen molar-refractivity contribution in [2.45, 2.75) is 19.0 Å². The van der Waals surface area contributed by atoms with Gasteiger partial charge in [-0.3, -0.25) is 4.90 Å². The Kier molecular flexibility index (Phi) is 5.84. The fourth-order valence-electron chi connectivity index (χ4n) is 4.74. The molecule has 5 heteroatoms. The summed E-state index contributed by atoms with van der Waals surface area (Å²) in [7, 11) is 1.71. The molecule has 0 fully saturated rings. The second-order valence-electron chi connectivity index (χ2n) is 8.18. The smallest absolute Gasteiger partial charge is 0.119 e. The van der Waals surface area contributed by atoms with Gasteiger partial charge >= 0.3 is 0 Å². The molecule has 2 heterocycles. The second-order valence-corrected chi connectivity index (χ2v) is 8.18. The monoisotopic (exact) mass is 428 g/mol. The quantitative estimate of drug-likeness (QED) is 0.448. The van der Waals surface area contributed by atoms with E-state index in [-0.39, 0.29) is 12.6 Å². The van der Waals surface area contributed by atoms with Gasteiger partial charge < -0.3 is 19.6 Å². The van der Waals surface area contributed by atoms with Crippen molar-refractivity contribution in [2.75, 3.05) is 26.9 Å². The van der Waals surface area contributed by atoms with Gasteiger partial charge in [-0.2, -0.15) is 0 Å². The van der Waals surface area contributed by atoms with Gasteiger partial charge in [-0.1, -0.05) is 42.5 Å². The lowest BCUT2D eigenvalue weighted by Crippen LogP contribution is -2.35. The molecule has 0 saturated heterocycles. The van der Waals surface area contributed by atoms with Crippen molar-refractivity contribution in [3.05, 3.63) is 95.2 Å². The number of hydrogen-bond donors (Lipinski definition) is 2. The van der Waals surface area contributed by atoms with Crippen molar-refractivity contribution in [2.24, 2.45) is 0 Å². The Bertz CT molecular complexity index is 1200. The summed E-state index contributed by atoms with van der Waals surface area (Å²) in [5.41, 5.74) is 6.33. The summed E-state index contributed by atoms with van der Waals surface area (Å²) in [6, 6.07) is 25.2. The summed E-state index contributed by atoms with van der Waals surface area (Å²) in [4.78, 5) is 6.25. The predicted molar refractivity (Wildman–Crippen MR) is 126 cm³/mol. The molecule has 5 nitrogen and oxygen atoms in total. The third-order valence-corrected chi connectivity index (χ3v) is 6.21. The molecule has 1 atom stereocenters. The van der Waals surface area contributed by atoms with Crippen LogP contribution in [0.15, 0.2) is 72.8 Å². The zero-order chi connectivity index (χ0) is 21.9. The van der Waals surface area contributed by atoms with Crippen LogP contribution in [0.4, 0.5) is 0 Å². The molecule has 1 aliphatic rings. The van der Waals surface area contributed by atoms with E-state index >= 15 is 0 Å². The number of fused-ring (bicyclic) bond motifs is 3. The first-order chi connectivity index (χ1) is 15.8. The zero-order valence-corrected chi connectivity index (χ0v) is 18.3. The van der Waals surface area contributed by atoms with Gasteiger partial charge in [0.1, 0.15) is 18.1 Å². The van der Waals surface area contributed by atoms with Crippen LogP contribution in [0.25, 0.3) is 10.9 Å². The highest BCUT2D eigenvalue weighted by molar-refractivity contribution is 5.85. The number of nitrogens with one attached hydrogen (secondary N) is 1. The molecular weight excluding hydrogens is 400 g/mol. The SMILES string of the molecule is COc1cccc([C@@H]2c3[nH]c4ccccc4c3CCN2Cc2ccc(OCCO)cc2)c1. The van der Waals surface area contributed by atoms with Crippen LogP contribution < -0.4 is 9.47 Å². The number of rotatable bonds is 7. The first-order valence-corrected chi connectivity index (χ1v) is 11.1. The third kappa shape index (κ3) is 3.97. The Morgan fingerprint density at radius 3 is 2.66 bits per heavy atom. The van der Waals surface area contributed by atoms with Crippen LogP contribution >= 0.6 is 0 Å². The number of aromatic amines is 1. The van der Waals surface area contributed by atoms with Gasteiger partial charge in [0, 0.05) is 29.7 Å². The van der Waals surface area contributed by atoms with E-state index in [1.165, 1.54) is 33.3 Å². The number of nitrogens with zero attached hydrogens (tertiary/aromatic N) is 1. The molecule has 32 heavy (non-hydrogen) atoms. The molecule has 0 saturated carbocycles. The van der Waals surface area contributed by atoms with Crippen molar-refractivity contribution in [3.8, 4) is 11.5 Å².